The van der Waals surface area contributed by atoms with Crippen LogP contribution in [0.2, 0.25) is 5.02 Å². The summed E-state index contributed by atoms with van der Waals surface area (Å²) in [5.74, 6) is -0.391. The standard InChI is InChI=1S/C19H20ClNO4/c1-13(14-6-4-3-5-7-14)10-19(23)25-12-18(22)21-16-11-15(20)8-9-17(16)24-2/h3-9,11,13H,10,12H2,1-2H3,(H,21,22)/t13-/m1/s1. The van der Waals surface area contributed by atoms with Crippen molar-refractivity contribution in [2.24, 2.45) is 0 Å². The van der Waals surface area contributed by atoms with Gasteiger partial charge in [0.05, 0.1) is 19.2 Å². The minimum atomic E-state index is -0.457. The molecular weight excluding hydrogens is 342 g/mol. The van der Waals surface area contributed by atoms with E-state index in [9.17, 15) is 9.59 Å². The summed E-state index contributed by atoms with van der Waals surface area (Å²) in [5, 5.41) is 3.08. The van der Waals surface area contributed by atoms with Crippen LogP contribution in [-0.4, -0.2) is 25.6 Å². The molecule has 0 saturated carbocycles. The van der Waals surface area contributed by atoms with Gasteiger partial charge in [0.15, 0.2) is 6.61 Å². The molecule has 5 nitrogen and oxygen atoms in total. The minimum Gasteiger partial charge on any atom is -0.495 e. The van der Waals surface area contributed by atoms with Crippen molar-refractivity contribution < 1.29 is 19.1 Å². The summed E-state index contributed by atoms with van der Waals surface area (Å²) >= 11 is 5.91. The van der Waals surface area contributed by atoms with Crippen molar-refractivity contribution >= 4 is 29.2 Å². The summed E-state index contributed by atoms with van der Waals surface area (Å²) in [6.07, 6.45) is 0.206. The molecule has 1 amide bonds. The molecule has 0 aliphatic heterocycles. The lowest BCUT2D eigenvalue weighted by atomic mass is 9.98. The fourth-order valence-corrected chi connectivity index (χ4v) is 2.49. The Bertz CT molecular complexity index is 733. The Labute approximate surface area is 151 Å². The van der Waals surface area contributed by atoms with Crippen molar-refractivity contribution in [3.8, 4) is 5.75 Å². The highest BCUT2D eigenvalue weighted by molar-refractivity contribution is 6.31. The molecule has 0 radical (unpaired) electrons. The molecule has 0 aliphatic rings. The van der Waals surface area contributed by atoms with Crippen molar-refractivity contribution in [3.63, 3.8) is 0 Å². The van der Waals surface area contributed by atoms with E-state index in [4.69, 9.17) is 21.1 Å². The third-order valence-electron chi connectivity index (χ3n) is 3.64. The summed E-state index contributed by atoms with van der Waals surface area (Å²) in [6, 6.07) is 14.5. The molecule has 0 unspecified atom stereocenters. The van der Waals surface area contributed by atoms with Crippen LogP contribution in [0, 0.1) is 0 Å². The second-order valence-corrected chi connectivity index (χ2v) is 6.01. The van der Waals surface area contributed by atoms with Gasteiger partial charge in [-0.1, -0.05) is 48.9 Å². The smallest absolute Gasteiger partial charge is 0.306 e. The largest absolute Gasteiger partial charge is 0.495 e. The molecule has 2 rings (SSSR count). The van der Waals surface area contributed by atoms with E-state index < -0.39 is 11.9 Å². The van der Waals surface area contributed by atoms with Crippen LogP contribution in [0.1, 0.15) is 24.8 Å². The summed E-state index contributed by atoms with van der Waals surface area (Å²) in [4.78, 5) is 23.9. The second-order valence-electron chi connectivity index (χ2n) is 5.57. The molecule has 0 saturated heterocycles. The van der Waals surface area contributed by atoms with Crippen LogP contribution in [0.25, 0.3) is 0 Å². The summed E-state index contributed by atoms with van der Waals surface area (Å²) in [5.41, 5.74) is 1.47. The number of nitrogens with one attached hydrogen (secondary N) is 1. The second kappa shape index (κ2) is 9.08. The van der Waals surface area contributed by atoms with Crippen molar-refractivity contribution in [3.05, 3.63) is 59.1 Å². The van der Waals surface area contributed by atoms with Gasteiger partial charge in [-0.3, -0.25) is 9.59 Å². The van der Waals surface area contributed by atoms with Gasteiger partial charge in [0, 0.05) is 5.02 Å². The van der Waals surface area contributed by atoms with E-state index in [2.05, 4.69) is 5.32 Å². The number of carbonyl (C=O) groups is 2. The summed E-state index contributed by atoms with van der Waals surface area (Å²) in [6.45, 7) is 1.57. The van der Waals surface area contributed by atoms with Crippen molar-refractivity contribution in [1.29, 1.82) is 0 Å². The number of hydrogen-bond donors (Lipinski definition) is 1. The maximum absolute atomic E-state index is 12.0. The third kappa shape index (κ3) is 5.80. The Morgan fingerprint density at radius 1 is 1.16 bits per heavy atom. The van der Waals surface area contributed by atoms with Crippen LogP contribution in [0.15, 0.2) is 48.5 Å². The van der Waals surface area contributed by atoms with Crippen LogP contribution in [0.3, 0.4) is 0 Å². The topological polar surface area (TPSA) is 64.6 Å². The van der Waals surface area contributed by atoms with Crippen molar-refractivity contribution in [2.75, 3.05) is 19.0 Å². The number of benzene rings is 2. The fraction of sp³-hybridized carbons (Fsp3) is 0.263. The minimum absolute atomic E-state index is 0.0183. The zero-order valence-corrected chi connectivity index (χ0v) is 14.9. The number of halogens is 1. The average Bonchev–Trinajstić information content (AvgIpc) is 2.61. The van der Waals surface area contributed by atoms with Gasteiger partial charge in [-0.15, -0.1) is 0 Å². The Hall–Kier alpha value is -2.53. The van der Waals surface area contributed by atoms with Crippen LogP contribution in [-0.2, 0) is 14.3 Å². The molecule has 132 valence electrons. The Balaban J connectivity index is 1.83. The van der Waals surface area contributed by atoms with Gasteiger partial charge in [0.25, 0.3) is 5.91 Å². The van der Waals surface area contributed by atoms with Crippen LogP contribution in [0.4, 0.5) is 5.69 Å². The highest BCUT2D eigenvalue weighted by Crippen LogP contribution is 2.27. The van der Waals surface area contributed by atoms with Gasteiger partial charge in [-0.2, -0.15) is 0 Å². The van der Waals surface area contributed by atoms with E-state index in [0.29, 0.717) is 16.5 Å². The molecule has 1 N–H and O–H groups in total. The third-order valence-corrected chi connectivity index (χ3v) is 3.88. The molecular formula is C19H20ClNO4. The van der Waals surface area contributed by atoms with E-state index in [0.717, 1.165) is 5.56 Å². The first-order valence-corrected chi connectivity index (χ1v) is 8.21. The molecule has 0 fully saturated rings. The van der Waals surface area contributed by atoms with Crippen LogP contribution < -0.4 is 10.1 Å². The maximum atomic E-state index is 12.0. The lowest BCUT2D eigenvalue weighted by Gasteiger charge is -2.12. The Morgan fingerprint density at radius 3 is 2.56 bits per heavy atom. The highest BCUT2D eigenvalue weighted by Gasteiger charge is 2.14. The predicted molar refractivity (Wildman–Crippen MR) is 97.1 cm³/mol. The molecule has 0 heterocycles. The first kappa shape index (κ1) is 18.8. The molecule has 2 aromatic carbocycles. The molecule has 0 spiro atoms. The maximum Gasteiger partial charge on any atom is 0.306 e. The number of ether oxygens (including phenoxy) is 2. The zero-order valence-electron chi connectivity index (χ0n) is 14.1. The number of amides is 1. The molecule has 0 bridgehead atoms. The zero-order chi connectivity index (χ0) is 18.2. The number of carbonyl (C=O) groups excluding carboxylic acids is 2. The van der Waals surface area contributed by atoms with Crippen LogP contribution in [0.5, 0.6) is 5.75 Å². The van der Waals surface area contributed by atoms with E-state index in [-0.39, 0.29) is 18.9 Å². The van der Waals surface area contributed by atoms with Gasteiger partial charge >= 0.3 is 5.97 Å². The number of anilines is 1. The normalized spacial score (nSPS) is 11.5. The summed E-state index contributed by atoms with van der Waals surface area (Å²) in [7, 11) is 1.49. The molecule has 0 aliphatic carbocycles. The van der Waals surface area contributed by atoms with E-state index in [1.807, 2.05) is 37.3 Å². The Kier molecular flexibility index (Phi) is 6.83. The number of methoxy groups -OCH3 is 1. The SMILES string of the molecule is COc1ccc(Cl)cc1NC(=O)COC(=O)C[C@@H](C)c1ccccc1. The van der Waals surface area contributed by atoms with Gasteiger partial charge in [0.1, 0.15) is 5.75 Å². The molecule has 0 aromatic heterocycles. The summed E-state index contributed by atoms with van der Waals surface area (Å²) < 4.78 is 10.2. The van der Waals surface area contributed by atoms with E-state index in [1.54, 1.807) is 18.2 Å². The first-order chi connectivity index (χ1) is 12.0. The van der Waals surface area contributed by atoms with Crippen LogP contribution >= 0.6 is 11.6 Å². The number of rotatable bonds is 7. The number of esters is 1. The quantitative estimate of drug-likeness (QED) is 0.756. The molecule has 25 heavy (non-hydrogen) atoms. The highest BCUT2D eigenvalue weighted by atomic mass is 35.5. The van der Waals surface area contributed by atoms with Gasteiger partial charge in [-0.05, 0) is 29.7 Å². The average molecular weight is 362 g/mol. The van der Waals surface area contributed by atoms with Gasteiger partial charge in [-0.25, -0.2) is 0 Å². The van der Waals surface area contributed by atoms with Gasteiger partial charge < -0.3 is 14.8 Å². The predicted octanol–water partition coefficient (Wildman–Crippen LogP) is 4.02. The van der Waals surface area contributed by atoms with Gasteiger partial charge in [0.2, 0.25) is 0 Å². The van der Waals surface area contributed by atoms with E-state index in [1.165, 1.54) is 7.11 Å². The fourth-order valence-electron chi connectivity index (χ4n) is 2.32. The molecule has 2 aromatic rings. The molecule has 6 heteroatoms. The first-order valence-electron chi connectivity index (χ1n) is 7.83. The van der Waals surface area contributed by atoms with Crippen molar-refractivity contribution in [2.45, 2.75) is 19.3 Å². The van der Waals surface area contributed by atoms with E-state index >= 15 is 0 Å². The monoisotopic (exact) mass is 361 g/mol. The Morgan fingerprint density at radius 2 is 1.88 bits per heavy atom. The molecule has 1 atom stereocenters. The lowest BCUT2D eigenvalue weighted by Crippen LogP contribution is -2.21. The lowest BCUT2D eigenvalue weighted by molar-refractivity contribution is -0.147. The number of hydrogen-bond acceptors (Lipinski definition) is 4. The van der Waals surface area contributed by atoms with Crippen molar-refractivity contribution in [1.82, 2.24) is 0 Å².